The Labute approximate surface area is 142 Å². The Hall–Kier alpha value is -2.44. The molecule has 0 spiro atoms. The Kier molecular flexibility index (Phi) is 4.85. The van der Waals surface area contributed by atoms with E-state index >= 15 is 0 Å². The average molecular weight is 345 g/mol. The van der Waals surface area contributed by atoms with Gasteiger partial charge in [-0.3, -0.25) is 9.78 Å². The van der Waals surface area contributed by atoms with E-state index in [4.69, 9.17) is 11.6 Å². The van der Waals surface area contributed by atoms with Gasteiger partial charge in [0, 0.05) is 22.3 Å². The molecular formula is C16H13ClN4OS. The molecule has 0 bridgehead atoms. The van der Waals surface area contributed by atoms with Crippen LogP contribution in [0.2, 0.25) is 5.02 Å². The lowest BCUT2D eigenvalue weighted by molar-refractivity contribution is 0.0946. The second-order valence-electron chi connectivity index (χ2n) is 4.68. The normalized spacial score (nSPS) is 10.3. The van der Waals surface area contributed by atoms with Crippen molar-refractivity contribution in [2.75, 3.05) is 5.32 Å². The van der Waals surface area contributed by atoms with Crippen molar-refractivity contribution in [3.63, 3.8) is 0 Å². The first-order chi connectivity index (χ1) is 11.2. The molecule has 5 nitrogen and oxygen atoms in total. The van der Waals surface area contributed by atoms with Gasteiger partial charge >= 0.3 is 0 Å². The lowest BCUT2D eigenvalue weighted by atomic mass is 10.3. The molecular weight excluding hydrogens is 332 g/mol. The van der Waals surface area contributed by atoms with Crippen LogP contribution < -0.4 is 10.6 Å². The standard InChI is InChI=1S/C16H13ClN4OS/c17-11-4-3-6-12(8-11)20-16-21-14(10-23-16)15(22)19-9-13-5-1-2-7-18-13/h1-8,10H,9H2,(H,19,22)(H,20,21). The van der Waals surface area contributed by atoms with Crippen molar-refractivity contribution in [3.05, 3.63) is 70.5 Å². The summed E-state index contributed by atoms with van der Waals surface area (Å²) >= 11 is 7.30. The fourth-order valence-electron chi connectivity index (χ4n) is 1.89. The highest BCUT2D eigenvalue weighted by atomic mass is 35.5. The summed E-state index contributed by atoms with van der Waals surface area (Å²) < 4.78 is 0. The van der Waals surface area contributed by atoms with E-state index in [0.717, 1.165) is 11.4 Å². The quantitative estimate of drug-likeness (QED) is 0.737. The maximum atomic E-state index is 12.1. The zero-order valence-electron chi connectivity index (χ0n) is 12.0. The van der Waals surface area contributed by atoms with Crippen molar-refractivity contribution >= 4 is 39.7 Å². The van der Waals surface area contributed by atoms with E-state index in [1.54, 1.807) is 23.7 Å². The summed E-state index contributed by atoms with van der Waals surface area (Å²) in [5.74, 6) is -0.231. The Bertz CT molecular complexity index is 807. The van der Waals surface area contributed by atoms with Crippen molar-refractivity contribution in [2.24, 2.45) is 0 Å². The van der Waals surface area contributed by atoms with E-state index < -0.39 is 0 Å². The number of amides is 1. The third-order valence-corrected chi connectivity index (χ3v) is 3.96. The maximum Gasteiger partial charge on any atom is 0.271 e. The Morgan fingerprint density at radius 1 is 1.22 bits per heavy atom. The predicted molar refractivity (Wildman–Crippen MR) is 92.3 cm³/mol. The zero-order valence-corrected chi connectivity index (χ0v) is 13.6. The Balaban J connectivity index is 1.61. The van der Waals surface area contributed by atoms with Gasteiger partial charge in [0.25, 0.3) is 5.91 Å². The molecule has 0 saturated carbocycles. The molecule has 23 heavy (non-hydrogen) atoms. The van der Waals surface area contributed by atoms with Crippen molar-refractivity contribution in [2.45, 2.75) is 6.54 Å². The van der Waals surface area contributed by atoms with Crippen LogP contribution in [0, 0.1) is 0 Å². The lowest BCUT2D eigenvalue weighted by Gasteiger charge is -2.03. The maximum absolute atomic E-state index is 12.1. The summed E-state index contributed by atoms with van der Waals surface area (Å²) in [5, 5.41) is 8.90. The first kappa shape index (κ1) is 15.5. The van der Waals surface area contributed by atoms with Gasteiger partial charge in [-0.1, -0.05) is 23.7 Å². The largest absolute Gasteiger partial charge is 0.345 e. The third-order valence-electron chi connectivity index (χ3n) is 2.97. The van der Waals surface area contributed by atoms with Crippen LogP contribution in [0.5, 0.6) is 0 Å². The summed E-state index contributed by atoms with van der Waals surface area (Å²) in [7, 11) is 0. The molecule has 2 heterocycles. The number of hydrogen-bond acceptors (Lipinski definition) is 5. The summed E-state index contributed by atoms with van der Waals surface area (Å²) in [6.45, 7) is 0.369. The molecule has 0 atom stereocenters. The van der Waals surface area contributed by atoms with E-state index in [1.807, 2.05) is 30.3 Å². The fourth-order valence-corrected chi connectivity index (χ4v) is 2.79. The highest BCUT2D eigenvalue weighted by molar-refractivity contribution is 7.14. The summed E-state index contributed by atoms with van der Waals surface area (Å²) in [4.78, 5) is 20.5. The topological polar surface area (TPSA) is 66.9 Å². The SMILES string of the molecule is O=C(NCc1ccccn1)c1csc(Nc2cccc(Cl)c2)n1. The van der Waals surface area contributed by atoms with Crippen LogP contribution in [0.15, 0.2) is 54.0 Å². The number of thiazole rings is 1. The molecule has 3 rings (SSSR count). The van der Waals surface area contributed by atoms with E-state index in [9.17, 15) is 4.79 Å². The number of hydrogen-bond donors (Lipinski definition) is 2. The number of anilines is 2. The molecule has 2 aromatic heterocycles. The van der Waals surface area contributed by atoms with Gasteiger partial charge in [-0.2, -0.15) is 0 Å². The first-order valence-electron chi connectivity index (χ1n) is 6.87. The van der Waals surface area contributed by atoms with E-state index in [0.29, 0.717) is 22.4 Å². The van der Waals surface area contributed by atoms with Crippen LogP contribution in [0.4, 0.5) is 10.8 Å². The minimum atomic E-state index is -0.231. The minimum absolute atomic E-state index is 0.231. The van der Waals surface area contributed by atoms with Crippen molar-refractivity contribution < 1.29 is 4.79 Å². The molecule has 0 aliphatic heterocycles. The number of benzene rings is 1. The summed E-state index contributed by atoms with van der Waals surface area (Å²) in [6.07, 6.45) is 1.69. The molecule has 0 aliphatic carbocycles. The van der Waals surface area contributed by atoms with Crippen molar-refractivity contribution in [1.82, 2.24) is 15.3 Å². The average Bonchev–Trinajstić information content (AvgIpc) is 3.02. The number of rotatable bonds is 5. The number of nitrogens with one attached hydrogen (secondary N) is 2. The molecule has 2 N–H and O–H groups in total. The fraction of sp³-hybridized carbons (Fsp3) is 0.0625. The zero-order chi connectivity index (χ0) is 16.1. The molecule has 0 aliphatic rings. The number of carbonyl (C=O) groups is 1. The molecule has 0 radical (unpaired) electrons. The van der Waals surface area contributed by atoms with Gasteiger partial charge in [-0.15, -0.1) is 11.3 Å². The van der Waals surface area contributed by atoms with Gasteiger partial charge in [0.1, 0.15) is 5.69 Å². The van der Waals surface area contributed by atoms with Gasteiger partial charge in [0.05, 0.1) is 12.2 Å². The second-order valence-corrected chi connectivity index (χ2v) is 5.97. The van der Waals surface area contributed by atoms with E-state index in [-0.39, 0.29) is 5.91 Å². The Morgan fingerprint density at radius 3 is 2.91 bits per heavy atom. The molecule has 0 saturated heterocycles. The number of carbonyl (C=O) groups excluding carboxylic acids is 1. The van der Waals surface area contributed by atoms with Crippen LogP contribution in [0.1, 0.15) is 16.2 Å². The first-order valence-corrected chi connectivity index (χ1v) is 8.13. The lowest BCUT2D eigenvalue weighted by Crippen LogP contribution is -2.23. The van der Waals surface area contributed by atoms with E-state index in [2.05, 4.69) is 20.6 Å². The number of nitrogens with zero attached hydrogens (tertiary/aromatic N) is 2. The molecule has 1 amide bonds. The molecule has 0 unspecified atom stereocenters. The van der Waals surface area contributed by atoms with Gasteiger partial charge in [-0.05, 0) is 30.3 Å². The van der Waals surface area contributed by atoms with Gasteiger partial charge < -0.3 is 10.6 Å². The molecule has 116 valence electrons. The third kappa shape index (κ3) is 4.28. The predicted octanol–water partition coefficient (Wildman–Crippen LogP) is 3.87. The molecule has 0 fully saturated rings. The summed E-state index contributed by atoms with van der Waals surface area (Å²) in [6, 6.07) is 12.9. The highest BCUT2D eigenvalue weighted by Gasteiger charge is 2.11. The molecule has 3 aromatic rings. The van der Waals surface area contributed by atoms with Gasteiger partial charge in [-0.25, -0.2) is 4.98 Å². The van der Waals surface area contributed by atoms with Crippen LogP contribution >= 0.6 is 22.9 Å². The van der Waals surface area contributed by atoms with Crippen molar-refractivity contribution in [1.29, 1.82) is 0 Å². The molecule has 7 heteroatoms. The summed E-state index contributed by atoms with van der Waals surface area (Å²) in [5.41, 5.74) is 2.00. The van der Waals surface area contributed by atoms with Gasteiger partial charge in [0.2, 0.25) is 0 Å². The van der Waals surface area contributed by atoms with Crippen LogP contribution in [0.25, 0.3) is 0 Å². The monoisotopic (exact) mass is 344 g/mol. The van der Waals surface area contributed by atoms with Gasteiger partial charge in [0.15, 0.2) is 5.13 Å². The van der Waals surface area contributed by atoms with Crippen LogP contribution in [0.3, 0.4) is 0 Å². The highest BCUT2D eigenvalue weighted by Crippen LogP contribution is 2.23. The van der Waals surface area contributed by atoms with Crippen LogP contribution in [-0.4, -0.2) is 15.9 Å². The Morgan fingerprint density at radius 2 is 2.13 bits per heavy atom. The number of halogens is 1. The molecule has 1 aromatic carbocycles. The number of aromatic nitrogens is 2. The smallest absolute Gasteiger partial charge is 0.271 e. The van der Waals surface area contributed by atoms with Crippen LogP contribution in [-0.2, 0) is 6.54 Å². The van der Waals surface area contributed by atoms with Crippen molar-refractivity contribution in [3.8, 4) is 0 Å². The number of pyridine rings is 1. The van der Waals surface area contributed by atoms with E-state index in [1.165, 1.54) is 11.3 Å². The minimum Gasteiger partial charge on any atom is -0.345 e. The second kappa shape index (κ2) is 7.21.